The third-order valence-corrected chi connectivity index (χ3v) is 4.71. The van der Waals surface area contributed by atoms with Gasteiger partial charge in [-0.2, -0.15) is 0 Å². The van der Waals surface area contributed by atoms with Gasteiger partial charge in [-0.1, -0.05) is 20.3 Å². The minimum Gasteiger partial charge on any atom is -0.478 e. The van der Waals surface area contributed by atoms with Gasteiger partial charge in [0.25, 0.3) is 5.91 Å². The van der Waals surface area contributed by atoms with E-state index in [0.717, 1.165) is 30.2 Å². The number of carboxylic acid groups (broad SMARTS) is 1. The fraction of sp³-hybridized carbons (Fsp3) is 0.500. The molecule has 114 valence electrons. The van der Waals surface area contributed by atoms with Gasteiger partial charge < -0.3 is 10.4 Å². The maximum Gasteiger partial charge on any atom is 0.328 e. The Labute approximate surface area is 128 Å². The molecule has 1 fully saturated rings. The Morgan fingerprint density at radius 2 is 2.24 bits per heavy atom. The number of hydrogen-bond donors (Lipinski definition) is 2. The average Bonchev–Trinajstić information content (AvgIpc) is 2.84. The molecule has 1 amide bonds. The molecule has 1 saturated carbocycles. The molecular weight excluding hydrogens is 286 g/mol. The number of nitrogens with one attached hydrogen (secondary N) is 1. The molecule has 0 aliphatic heterocycles. The second-order valence-corrected chi connectivity index (χ2v) is 7.28. The highest BCUT2D eigenvalue weighted by Gasteiger charge is 2.28. The zero-order valence-corrected chi connectivity index (χ0v) is 13.2. The first-order chi connectivity index (χ1) is 9.85. The van der Waals surface area contributed by atoms with Gasteiger partial charge in [0.2, 0.25) is 0 Å². The summed E-state index contributed by atoms with van der Waals surface area (Å²) in [7, 11) is 0. The molecule has 21 heavy (non-hydrogen) atoms. The zero-order valence-electron chi connectivity index (χ0n) is 12.4. The lowest BCUT2D eigenvalue weighted by Crippen LogP contribution is -2.40. The fourth-order valence-electron chi connectivity index (χ4n) is 2.80. The molecule has 1 aromatic heterocycles. The van der Waals surface area contributed by atoms with Crippen LogP contribution in [0.2, 0.25) is 0 Å². The SMILES string of the molecule is CC1(C)CCCC(NC(=O)c2csc(/C=C/C(=O)O)c2)C1. The van der Waals surface area contributed by atoms with Crippen molar-refractivity contribution in [3.8, 4) is 0 Å². The van der Waals surface area contributed by atoms with E-state index in [4.69, 9.17) is 5.11 Å². The van der Waals surface area contributed by atoms with E-state index >= 15 is 0 Å². The molecule has 1 heterocycles. The van der Waals surface area contributed by atoms with Gasteiger partial charge >= 0.3 is 5.97 Å². The van der Waals surface area contributed by atoms with Crippen LogP contribution >= 0.6 is 11.3 Å². The van der Waals surface area contributed by atoms with Crippen molar-refractivity contribution in [1.29, 1.82) is 0 Å². The second kappa shape index (κ2) is 6.43. The number of hydrogen-bond acceptors (Lipinski definition) is 3. The van der Waals surface area contributed by atoms with Gasteiger partial charge in [-0.05, 0) is 36.8 Å². The van der Waals surface area contributed by atoms with E-state index in [2.05, 4.69) is 19.2 Å². The third-order valence-electron chi connectivity index (χ3n) is 3.81. The summed E-state index contributed by atoms with van der Waals surface area (Å²) >= 11 is 1.37. The first-order valence-corrected chi connectivity index (χ1v) is 8.04. The molecule has 0 bridgehead atoms. The summed E-state index contributed by atoms with van der Waals surface area (Å²) in [5, 5.41) is 13.5. The molecule has 1 aromatic rings. The Morgan fingerprint density at radius 3 is 2.90 bits per heavy atom. The Bertz CT molecular complexity index is 560. The predicted octanol–water partition coefficient (Wildman–Crippen LogP) is 3.54. The first-order valence-electron chi connectivity index (χ1n) is 7.16. The lowest BCUT2D eigenvalue weighted by molar-refractivity contribution is -0.131. The summed E-state index contributed by atoms with van der Waals surface area (Å²) in [4.78, 5) is 23.5. The number of carboxylic acids is 1. The number of amides is 1. The molecule has 0 radical (unpaired) electrons. The average molecular weight is 307 g/mol. The number of thiophene rings is 1. The van der Waals surface area contributed by atoms with Crippen LogP contribution in [0, 0.1) is 5.41 Å². The topological polar surface area (TPSA) is 66.4 Å². The Balaban J connectivity index is 1.96. The molecule has 1 aliphatic carbocycles. The van der Waals surface area contributed by atoms with Gasteiger partial charge in [0.15, 0.2) is 0 Å². The summed E-state index contributed by atoms with van der Waals surface area (Å²) in [5.41, 5.74) is 0.897. The highest BCUT2D eigenvalue weighted by atomic mass is 32.1. The van der Waals surface area contributed by atoms with Crippen molar-refractivity contribution in [3.05, 3.63) is 28.0 Å². The summed E-state index contributed by atoms with van der Waals surface area (Å²) < 4.78 is 0. The number of aliphatic carboxylic acids is 1. The second-order valence-electron chi connectivity index (χ2n) is 6.34. The molecule has 2 N–H and O–H groups in total. The van der Waals surface area contributed by atoms with Crippen LogP contribution in [0.3, 0.4) is 0 Å². The monoisotopic (exact) mass is 307 g/mol. The van der Waals surface area contributed by atoms with Crippen LogP contribution in [0.4, 0.5) is 0 Å². The van der Waals surface area contributed by atoms with Crippen LogP contribution < -0.4 is 5.32 Å². The largest absolute Gasteiger partial charge is 0.478 e. The van der Waals surface area contributed by atoms with Gasteiger partial charge in [-0.15, -0.1) is 11.3 Å². The summed E-state index contributed by atoms with van der Waals surface area (Å²) in [6.45, 7) is 4.48. The van der Waals surface area contributed by atoms with E-state index in [1.807, 2.05) is 0 Å². The molecular formula is C16H21NO3S. The molecule has 2 rings (SSSR count). The van der Waals surface area contributed by atoms with Crippen LogP contribution in [0.5, 0.6) is 0 Å². The highest BCUT2D eigenvalue weighted by Crippen LogP contribution is 2.35. The van der Waals surface area contributed by atoms with Crippen LogP contribution in [0.1, 0.15) is 54.8 Å². The van der Waals surface area contributed by atoms with Crippen molar-refractivity contribution in [3.63, 3.8) is 0 Å². The maximum absolute atomic E-state index is 12.2. The lowest BCUT2D eigenvalue weighted by Gasteiger charge is -2.35. The predicted molar refractivity (Wildman–Crippen MR) is 84.5 cm³/mol. The standard InChI is InChI=1S/C16H21NO3S/c1-16(2)7-3-4-12(9-16)17-15(20)11-8-13(21-10-11)5-6-14(18)19/h5-6,8,10,12H,3-4,7,9H2,1-2H3,(H,17,20)(H,18,19)/b6-5+. The smallest absolute Gasteiger partial charge is 0.328 e. The van der Waals surface area contributed by atoms with Gasteiger partial charge in [-0.3, -0.25) is 4.79 Å². The minimum absolute atomic E-state index is 0.0658. The Morgan fingerprint density at radius 1 is 1.48 bits per heavy atom. The molecule has 5 heteroatoms. The normalized spacial score (nSPS) is 21.3. The van der Waals surface area contributed by atoms with Gasteiger partial charge in [0, 0.05) is 22.4 Å². The highest BCUT2D eigenvalue weighted by molar-refractivity contribution is 7.11. The van der Waals surface area contributed by atoms with E-state index in [1.54, 1.807) is 11.4 Å². The van der Waals surface area contributed by atoms with Gasteiger partial charge in [0.1, 0.15) is 0 Å². The molecule has 0 aromatic carbocycles. The fourth-order valence-corrected chi connectivity index (χ4v) is 3.58. The summed E-state index contributed by atoms with van der Waals surface area (Å²) in [5.74, 6) is -1.05. The van der Waals surface area contributed by atoms with Crippen LogP contribution in [0.15, 0.2) is 17.5 Å². The molecule has 0 saturated heterocycles. The number of carbonyl (C=O) groups is 2. The zero-order chi connectivity index (χ0) is 15.5. The maximum atomic E-state index is 12.2. The van der Waals surface area contributed by atoms with Crippen LogP contribution in [-0.2, 0) is 4.79 Å². The van der Waals surface area contributed by atoms with Crippen molar-refractivity contribution in [2.75, 3.05) is 0 Å². The molecule has 4 nitrogen and oxygen atoms in total. The van der Waals surface area contributed by atoms with Crippen molar-refractivity contribution < 1.29 is 14.7 Å². The number of rotatable bonds is 4. The molecule has 1 atom stereocenters. The summed E-state index contributed by atoms with van der Waals surface area (Å²) in [6.07, 6.45) is 6.99. The third kappa shape index (κ3) is 4.70. The van der Waals surface area contributed by atoms with E-state index in [1.165, 1.54) is 23.8 Å². The van der Waals surface area contributed by atoms with Crippen molar-refractivity contribution in [2.45, 2.75) is 45.6 Å². The van der Waals surface area contributed by atoms with Crippen LogP contribution in [0.25, 0.3) is 6.08 Å². The van der Waals surface area contributed by atoms with Gasteiger partial charge in [-0.25, -0.2) is 4.79 Å². The molecule has 0 spiro atoms. The van der Waals surface area contributed by atoms with Gasteiger partial charge in [0.05, 0.1) is 5.56 Å². The Hall–Kier alpha value is -1.62. The van der Waals surface area contributed by atoms with Crippen molar-refractivity contribution in [2.24, 2.45) is 5.41 Å². The summed E-state index contributed by atoms with van der Waals surface area (Å²) in [6, 6.07) is 1.96. The first kappa shape index (κ1) is 15.8. The van der Waals surface area contributed by atoms with Crippen molar-refractivity contribution >= 4 is 29.3 Å². The van der Waals surface area contributed by atoms with E-state index in [9.17, 15) is 9.59 Å². The van der Waals surface area contributed by atoms with E-state index in [0.29, 0.717) is 11.0 Å². The lowest BCUT2D eigenvalue weighted by atomic mass is 9.75. The minimum atomic E-state index is -0.987. The quantitative estimate of drug-likeness (QED) is 0.836. The van der Waals surface area contributed by atoms with Crippen LogP contribution in [-0.4, -0.2) is 23.0 Å². The molecule has 1 aliphatic rings. The number of carbonyl (C=O) groups excluding carboxylic acids is 1. The van der Waals surface area contributed by atoms with E-state index < -0.39 is 5.97 Å². The Kier molecular flexibility index (Phi) is 4.83. The van der Waals surface area contributed by atoms with E-state index in [-0.39, 0.29) is 11.9 Å². The molecule has 1 unspecified atom stereocenters. The van der Waals surface area contributed by atoms with Crippen molar-refractivity contribution in [1.82, 2.24) is 5.32 Å².